The molecule has 0 aromatic heterocycles. The summed E-state index contributed by atoms with van der Waals surface area (Å²) in [7, 11) is 0. The number of carbonyl (C=O) groups excluding carboxylic acids is 2. The molecular weight excluding hydrogens is 357 g/mol. The van der Waals surface area contributed by atoms with E-state index in [0.717, 1.165) is 42.3 Å². The number of fused-ring (bicyclic) bond motifs is 1. The average molecular weight is 377 g/mol. The maximum absolute atomic E-state index is 11.7. The van der Waals surface area contributed by atoms with Gasteiger partial charge in [-0.25, -0.2) is 0 Å². The van der Waals surface area contributed by atoms with Crippen LogP contribution >= 0.6 is 11.8 Å². The van der Waals surface area contributed by atoms with Crippen LogP contribution in [0.3, 0.4) is 0 Å². The van der Waals surface area contributed by atoms with E-state index in [0.29, 0.717) is 6.42 Å². The molecule has 2 amide bonds. The summed E-state index contributed by atoms with van der Waals surface area (Å²) < 4.78 is 6.16. The minimum atomic E-state index is -0.319. The predicted octanol–water partition coefficient (Wildman–Crippen LogP) is 2.87. The van der Waals surface area contributed by atoms with Crippen molar-refractivity contribution in [2.75, 3.05) is 0 Å². The van der Waals surface area contributed by atoms with Gasteiger partial charge in [0.05, 0.1) is 5.25 Å². The summed E-state index contributed by atoms with van der Waals surface area (Å²) in [6.07, 6.45) is 3.66. The van der Waals surface area contributed by atoms with Crippen molar-refractivity contribution in [3.63, 3.8) is 0 Å². The van der Waals surface area contributed by atoms with Gasteiger partial charge in [0.1, 0.15) is 11.9 Å². The van der Waals surface area contributed by atoms with Gasteiger partial charge >= 0.3 is 29.6 Å². The molecule has 2 aliphatic rings. The van der Waals surface area contributed by atoms with Crippen molar-refractivity contribution in [2.45, 2.75) is 37.0 Å². The first-order chi connectivity index (χ1) is 12.2. The average Bonchev–Trinajstić information content (AvgIpc) is 2.93. The summed E-state index contributed by atoms with van der Waals surface area (Å²) in [4.78, 5) is 23.0. The normalized spacial score (nSPS) is 21.4. The van der Waals surface area contributed by atoms with Gasteiger partial charge in [0.15, 0.2) is 0 Å². The number of hydrogen-bond donors (Lipinski definition) is 1. The number of ether oxygens (including phenoxy) is 1. The molecule has 1 N–H and O–H groups in total. The fourth-order valence-electron chi connectivity index (χ4n) is 3.39. The summed E-state index contributed by atoms with van der Waals surface area (Å²) in [5.41, 5.74) is 3.56. The molecule has 0 bridgehead atoms. The fourth-order valence-corrected chi connectivity index (χ4v) is 4.25. The molecule has 2 aliphatic heterocycles. The van der Waals surface area contributed by atoms with Crippen LogP contribution in [0.25, 0.3) is 0 Å². The number of benzene rings is 2. The standard InChI is InChI=1S/C20H19NO3S.Na.H/c22-19-18(25-20(23)21-19)12-14-6-9-17-15(10-14)7-8-16(24-17)11-13-4-2-1-3-5-13;;/h1-6,9-10,16,18H,7-8,11-12H2,(H,21,22,23);;/t16-,18?;;/m1../s1. The van der Waals surface area contributed by atoms with Gasteiger partial charge in [-0.15, -0.1) is 0 Å². The van der Waals surface area contributed by atoms with Gasteiger partial charge in [0, 0.05) is 6.42 Å². The summed E-state index contributed by atoms with van der Waals surface area (Å²) in [5, 5.41) is 1.77. The first-order valence-electron chi connectivity index (χ1n) is 8.51. The summed E-state index contributed by atoms with van der Waals surface area (Å²) in [5.74, 6) is 0.752. The van der Waals surface area contributed by atoms with Crippen molar-refractivity contribution in [2.24, 2.45) is 0 Å². The SMILES string of the molecule is O=C1NC(=O)C(Cc2ccc3c(c2)CC[C@H](Cc2ccccc2)O3)S1.[NaH]. The van der Waals surface area contributed by atoms with Gasteiger partial charge in [0.2, 0.25) is 5.91 Å². The Hall–Kier alpha value is -1.27. The number of rotatable bonds is 4. The number of aryl methyl sites for hydroxylation is 1. The second kappa shape index (κ2) is 8.61. The number of hydrogen-bond acceptors (Lipinski definition) is 4. The molecule has 2 atom stereocenters. The predicted molar refractivity (Wildman–Crippen MR) is 105 cm³/mol. The van der Waals surface area contributed by atoms with E-state index in [4.69, 9.17) is 4.74 Å². The van der Waals surface area contributed by atoms with E-state index < -0.39 is 0 Å². The number of amides is 2. The molecule has 2 aromatic carbocycles. The van der Waals surface area contributed by atoms with Gasteiger partial charge < -0.3 is 4.74 Å². The zero-order valence-electron chi connectivity index (χ0n) is 13.7. The second-order valence-electron chi connectivity index (χ2n) is 6.50. The van der Waals surface area contributed by atoms with E-state index in [2.05, 4.69) is 35.6 Å². The van der Waals surface area contributed by atoms with Crippen LogP contribution in [0.15, 0.2) is 48.5 Å². The van der Waals surface area contributed by atoms with Crippen LogP contribution in [-0.4, -0.2) is 52.1 Å². The van der Waals surface area contributed by atoms with Gasteiger partial charge in [-0.05, 0) is 42.0 Å². The van der Waals surface area contributed by atoms with Gasteiger partial charge in [-0.2, -0.15) is 0 Å². The maximum atomic E-state index is 11.7. The van der Waals surface area contributed by atoms with Crippen LogP contribution in [-0.2, 0) is 24.1 Å². The van der Waals surface area contributed by atoms with Crippen molar-refractivity contribution >= 4 is 52.5 Å². The Labute approximate surface area is 179 Å². The molecule has 0 aliphatic carbocycles. The molecule has 0 radical (unpaired) electrons. The van der Waals surface area contributed by atoms with Crippen molar-refractivity contribution in [1.29, 1.82) is 0 Å². The summed E-state index contributed by atoms with van der Waals surface area (Å²) in [6, 6.07) is 16.5. The second-order valence-corrected chi connectivity index (χ2v) is 7.67. The molecule has 0 spiro atoms. The molecule has 0 saturated carbocycles. The van der Waals surface area contributed by atoms with E-state index >= 15 is 0 Å². The topological polar surface area (TPSA) is 55.4 Å². The number of imide groups is 1. The molecule has 2 aromatic rings. The number of nitrogens with one attached hydrogen (secondary N) is 1. The molecular formula is C20H20NNaO3S. The van der Waals surface area contributed by atoms with E-state index in [1.807, 2.05) is 18.2 Å². The number of carbonyl (C=O) groups is 2. The molecule has 1 unspecified atom stereocenters. The zero-order valence-corrected chi connectivity index (χ0v) is 14.6. The van der Waals surface area contributed by atoms with Crippen LogP contribution in [0, 0.1) is 0 Å². The molecule has 6 heteroatoms. The minimum absolute atomic E-state index is 0. The zero-order chi connectivity index (χ0) is 17.2. The van der Waals surface area contributed by atoms with Crippen LogP contribution < -0.4 is 10.1 Å². The van der Waals surface area contributed by atoms with Gasteiger partial charge in [-0.1, -0.05) is 54.2 Å². The fraction of sp³-hybridized carbons (Fsp3) is 0.300. The van der Waals surface area contributed by atoms with Crippen LogP contribution in [0.4, 0.5) is 4.79 Å². The van der Waals surface area contributed by atoms with Crippen molar-refractivity contribution in [3.8, 4) is 5.75 Å². The van der Waals surface area contributed by atoms with Crippen molar-refractivity contribution in [1.82, 2.24) is 5.32 Å². The first-order valence-corrected chi connectivity index (χ1v) is 9.39. The third kappa shape index (κ3) is 4.52. The molecule has 4 nitrogen and oxygen atoms in total. The Balaban J connectivity index is 0.00000196. The summed E-state index contributed by atoms with van der Waals surface area (Å²) >= 11 is 1.08. The Morgan fingerprint density at radius 1 is 1.04 bits per heavy atom. The molecule has 130 valence electrons. The van der Waals surface area contributed by atoms with Crippen molar-refractivity contribution in [3.05, 3.63) is 65.2 Å². The van der Waals surface area contributed by atoms with Crippen LogP contribution in [0.1, 0.15) is 23.1 Å². The Kier molecular flexibility index (Phi) is 6.46. The van der Waals surface area contributed by atoms with E-state index in [1.165, 1.54) is 11.1 Å². The Morgan fingerprint density at radius 2 is 1.85 bits per heavy atom. The van der Waals surface area contributed by atoms with Gasteiger partial charge in [0.25, 0.3) is 5.24 Å². The Morgan fingerprint density at radius 3 is 2.58 bits per heavy atom. The van der Waals surface area contributed by atoms with E-state index in [9.17, 15) is 9.59 Å². The van der Waals surface area contributed by atoms with E-state index in [-0.39, 0.29) is 52.1 Å². The van der Waals surface area contributed by atoms with Crippen LogP contribution in [0.5, 0.6) is 5.75 Å². The molecule has 1 fully saturated rings. The third-order valence-electron chi connectivity index (χ3n) is 4.65. The third-order valence-corrected chi connectivity index (χ3v) is 5.63. The Bertz CT molecular complexity index is 812. The monoisotopic (exact) mass is 377 g/mol. The molecule has 4 rings (SSSR count). The quantitative estimate of drug-likeness (QED) is 0.833. The molecule has 1 saturated heterocycles. The molecule has 26 heavy (non-hydrogen) atoms. The van der Waals surface area contributed by atoms with E-state index in [1.54, 1.807) is 0 Å². The van der Waals surface area contributed by atoms with Crippen molar-refractivity contribution < 1.29 is 14.3 Å². The van der Waals surface area contributed by atoms with Crippen LogP contribution in [0.2, 0.25) is 0 Å². The van der Waals surface area contributed by atoms with Gasteiger partial charge in [-0.3, -0.25) is 14.9 Å². The summed E-state index contributed by atoms with van der Waals surface area (Å²) in [6.45, 7) is 0. The number of thioether (sulfide) groups is 1. The molecule has 2 heterocycles. The first kappa shape index (κ1) is 19.5.